The number of amides is 1. The van der Waals surface area contributed by atoms with Crippen LogP contribution in [0.25, 0.3) is 10.2 Å². The largest absolute Gasteiger partial charge is 0.383 e. The zero-order valence-electron chi connectivity index (χ0n) is 17.9. The number of rotatable bonds is 6. The van der Waals surface area contributed by atoms with Crippen LogP contribution in [-0.4, -0.2) is 50.0 Å². The highest BCUT2D eigenvalue weighted by atomic mass is 32.2. The van der Waals surface area contributed by atoms with E-state index in [1.165, 1.54) is 39.9 Å². The molecule has 1 aliphatic heterocycles. The van der Waals surface area contributed by atoms with Crippen molar-refractivity contribution in [1.82, 2.24) is 8.87 Å². The van der Waals surface area contributed by atoms with Crippen molar-refractivity contribution in [2.45, 2.75) is 24.3 Å². The second-order valence-electron chi connectivity index (χ2n) is 7.72. The fourth-order valence-electron chi connectivity index (χ4n) is 3.82. The number of sulfonamides is 1. The summed E-state index contributed by atoms with van der Waals surface area (Å²) in [5, 5.41) is 0. The highest BCUT2D eigenvalue weighted by molar-refractivity contribution is 7.89. The number of aromatic nitrogens is 1. The molecule has 0 N–H and O–H groups in total. The highest BCUT2D eigenvalue weighted by Gasteiger charge is 2.32. The molecule has 1 aromatic heterocycles. The zero-order valence-corrected chi connectivity index (χ0v) is 19.5. The van der Waals surface area contributed by atoms with E-state index in [-0.39, 0.29) is 29.7 Å². The lowest BCUT2D eigenvalue weighted by Crippen LogP contribution is -2.40. The van der Waals surface area contributed by atoms with Crippen molar-refractivity contribution in [3.63, 3.8) is 0 Å². The Morgan fingerprint density at radius 1 is 1.12 bits per heavy atom. The van der Waals surface area contributed by atoms with Crippen molar-refractivity contribution in [2.75, 3.05) is 26.8 Å². The predicted molar refractivity (Wildman–Crippen MR) is 120 cm³/mol. The maximum absolute atomic E-state index is 13.7. The molecule has 11 heteroatoms. The lowest BCUT2D eigenvalue weighted by atomic mass is 9.98. The van der Waals surface area contributed by atoms with Crippen molar-refractivity contribution < 1.29 is 26.7 Å². The highest BCUT2D eigenvalue weighted by Crippen LogP contribution is 2.25. The van der Waals surface area contributed by atoms with Gasteiger partial charge in [-0.3, -0.25) is 4.79 Å². The van der Waals surface area contributed by atoms with Crippen LogP contribution in [0.1, 0.15) is 12.8 Å². The van der Waals surface area contributed by atoms with E-state index in [2.05, 4.69) is 4.99 Å². The van der Waals surface area contributed by atoms with Crippen LogP contribution in [0.3, 0.4) is 0 Å². The minimum atomic E-state index is -3.75. The topological polar surface area (TPSA) is 81.0 Å². The van der Waals surface area contributed by atoms with Gasteiger partial charge in [-0.2, -0.15) is 9.30 Å². The quantitative estimate of drug-likeness (QED) is 0.526. The average Bonchev–Trinajstić information content (AvgIpc) is 3.13. The first-order valence-electron chi connectivity index (χ1n) is 10.4. The number of benzene rings is 2. The Morgan fingerprint density at radius 3 is 2.45 bits per heavy atom. The van der Waals surface area contributed by atoms with Crippen molar-refractivity contribution in [3.05, 3.63) is 58.9 Å². The standard InChI is InChI=1S/C22H23F2N3O4S2/c1-31-13-12-27-19-7-4-17(24)14-20(19)32-22(27)25-21(28)15-8-10-26(11-9-15)33(29,30)18-5-2-16(23)3-6-18/h2-7,14-15H,8-13H2,1H3. The molecule has 0 atom stereocenters. The van der Waals surface area contributed by atoms with Gasteiger partial charge < -0.3 is 9.30 Å². The van der Waals surface area contributed by atoms with E-state index in [4.69, 9.17) is 4.74 Å². The van der Waals surface area contributed by atoms with Crippen LogP contribution in [0.4, 0.5) is 8.78 Å². The van der Waals surface area contributed by atoms with Gasteiger partial charge in [0, 0.05) is 32.7 Å². The Hall–Kier alpha value is -2.47. The number of carbonyl (C=O) groups is 1. The third-order valence-corrected chi connectivity index (χ3v) is 8.58. The van der Waals surface area contributed by atoms with Gasteiger partial charge in [-0.1, -0.05) is 11.3 Å². The van der Waals surface area contributed by atoms with Gasteiger partial charge in [0.25, 0.3) is 5.91 Å². The number of fused-ring (bicyclic) bond motifs is 1. The lowest BCUT2D eigenvalue weighted by Gasteiger charge is -2.29. The third-order valence-electron chi connectivity index (χ3n) is 5.62. The molecule has 0 saturated carbocycles. The Morgan fingerprint density at radius 2 is 1.79 bits per heavy atom. The van der Waals surface area contributed by atoms with E-state index in [0.717, 1.165) is 17.6 Å². The fourth-order valence-corrected chi connectivity index (χ4v) is 6.37. The summed E-state index contributed by atoms with van der Waals surface area (Å²) in [5.74, 6) is -1.61. The van der Waals surface area contributed by atoms with E-state index in [1.54, 1.807) is 13.2 Å². The molecule has 0 radical (unpaired) electrons. The number of carbonyl (C=O) groups excluding carboxylic acids is 1. The first kappa shape index (κ1) is 23.7. The number of hydrogen-bond donors (Lipinski definition) is 0. The molecular weight excluding hydrogens is 472 g/mol. The second kappa shape index (κ2) is 9.80. The maximum Gasteiger partial charge on any atom is 0.251 e. The fraction of sp³-hybridized carbons (Fsp3) is 0.364. The van der Waals surface area contributed by atoms with Crippen LogP contribution in [0.15, 0.2) is 52.4 Å². The van der Waals surface area contributed by atoms with Gasteiger partial charge >= 0.3 is 0 Å². The van der Waals surface area contributed by atoms with E-state index >= 15 is 0 Å². The second-order valence-corrected chi connectivity index (χ2v) is 10.7. The molecule has 0 aliphatic carbocycles. The van der Waals surface area contributed by atoms with Crippen molar-refractivity contribution in [1.29, 1.82) is 0 Å². The number of halogens is 2. The zero-order chi connectivity index (χ0) is 23.6. The normalized spacial score (nSPS) is 16.5. The lowest BCUT2D eigenvalue weighted by molar-refractivity contribution is -0.122. The molecule has 1 saturated heterocycles. The molecule has 0 spiro atoms. The smallest absolute Gasteiger partial charge is 0.251 e. The predicted octanol–water partition coefficient (Wildman–Crippen LogP) is 3.16. The number of ether oxygens (including phenoxy) is 1. The Bertz CT molecular complexity index is 1330. The molecule has 33 heavy (non-hydrogen) atoms. The number of methoxy groups -OCH3 is 1. The molecule has 1 amide bonds. The maximum atomic E-state index is 13.7. The van der Waals surface area contributed by atoms with Gasteiger partial charge in [-0.15, -0.1) is 0 Å². The molecule has 2 aromatic carbocycles. The SMILES string of the molecule is COCCn1c(=NC(=O)C2CCN(S(=O)(=O)c3ccc(F)cc3)CC2)sc2cc(F)ccc21. The van der Waals surface area contributed by atoms with E-state index < -0.39 is 21.8 Å². The summed E-state index contributed by atoms with van der Waals surface area (Å²) in [7, 11) is -2.18. The van der Waals surface area contributed by atoms with Crippen LogP contribution in [-0.2, 0) is 26.1 Å². The molecule has 3 aromatic rings. The summed E-state index contributed by atoms with van der Waals surface area (Å²) in [5.41, 5.74) is 0.769. The molecule has 1 fully saturated rings. The van der Waals surface area contributed by atoms with Gasteiger partial charge in [0.2, 0.25) is 10.0 Å². The van der Waals surface area contributed by atoms with Gasteiger partial charge in [-0.25, -0.2) is 17.2 Å². The van der Waals surface area contributed by atoms with Crippen LogP contribution in [0, 0.1) is 17.6 Å². The summed E-state index contributed by atoms with van der Waals surface area (Å²) < 4.78 is 61.3. The minimum Gasteiger partial charge on any atom is -0.383 e. The van der Waals surface area contributed by atoms with Gasteiger partial charge in [0.1, 0.15) is 11.6 Å². The van der Waals surface area contributed by atoms with E-state index in [0.29, 0.717) is 35.5 Å². The van der Waals surface area contributed by atoms with Crippen LogP contribution < -0.4 is 4.80 Å². The van der Waals surface area contributed by atoms with E-state index in [1.807, 2.05) is 4.57 Å². The molecule has 7 nitrogen and oxygen atoms in total. The van der Waals surface area contributed by atoms with Crippen LogP contribution in [0.5, 0.6) is 0 Å². The van der Waals surface area contributed by atoms with Crippen LogP contribution in [0.2, 0.25) is 0 Å². The number of piperidine rings is 1. The summed E-state index contributed by atoms with van der Waals surface area (Å²) in [6, 6.07) is 9.11. The summed E-state index contributed by atoms with van der Waals surface area (Å²) in [6.45, 7) is 1.21. The number of hydrogen-bond acceptors (Lipinski definition) is 5. The summed E-state index contributed by atoms with van der Waals surface area (Å²) in [4.78, 5) is 17.7. The average molecular weight is 496 g/mol. The first-order valence-corrected chi connectivity index (χ1v) is 12.7. The molecule has 4 rings (SSSR count). The molecule has 0 unspecified atom stereocenters. The van der Waals surface area contributed by atoms with Crippen molar-refractivity contribution >= 4 is 37.5 Å². The molecular formula is C22H23F2N3O4S2. The molecule has 2 heterocycles. The summed E-state index contributed by atoms with van der Waals surface area (Å²) >= 11 is 1.23. The summed E-state index contributed by atoms with van der Waals surface area (Å²) in [6.07, 6.45) is 0.667. The monoisotopic (exact) mass is 495 g/mol. The van der Waals surface area contributed by atoms with Gasteiger partial charge in [0.05, 0.1) is 21.7 Å². The molecule has 1 aliphatic rings. The Balaban J connectivity index is 1.52. The Kier molecular flexibility index (Phi) is 7.03. The van der Waals surface area contributed by atoms with Crippen LogP contribution >= 0.6 is 11.3 Å². The molecule has 176 valence electrons. The third kappa shape index (κ3) is 5.06. The van der Waals surface area contributed by atoms with Gasteiger partial charge in [-0.05, 0) is 55.3 Å². The van der Waals surface area contributed by atoms with Gasteiger partial charge in [0.15, 0.2) is 4.80 Å². The number of nitrogens with zero attached hydrogens (tertiary/aromatic N) is 3. The van der Waals surface area contributed by atoms with E-state index in [9.17, 15) is 22.0 Å². The number of thiazole rings is 1. The van der Waals surface area contributed by atoms with Crippen molar-refractivity contribution in [2.24, 2.45) is 10.9 Å². The first-order chi connectivity index (χ1) is 15.8. The Labute approximate surface area is 194 Å². The van der Waals surface area contributed by atoms with Crippen molar-refractivity contribution in [3.8, 4) is 0 Å². The minimum absolute atomic E-state index is 0.0232. The molecule has 0 bridgehead atoms.